The number of carbonyl (C=O) groups excluding carboxylic acids is 2. The Labute approximate surface area is 208 Å². The molecule has 1 saturated carbocycles. The summed E-state index contributed by atoms with van der Waals surface area (Å²) < 4.78 is 24.8. The molecule has 3 atom stereocenters. The number of nitrogens with one attached hydrogen (secondary N) is 3. The summed E-state index contributed by atoms with van der Waals surface area (Å²) in [6.45, 7) is 2.51. The zero-order valence-electron chi connectivity index (χ0n) is 21.1. The second kappa shape index (κ2) is 14.2. The number of likely N-dealkylation sites (N-methyl/N-ethyl adjacent to an activating group) is 1. The molecular formula is C26H41FN4O4. The summed E-state index contributed by atoms with van der Waals surface area (Å²) in [6, 6.07) is 6.49. The molecule has 0 bridgehead atoms. The topological polar surface area (TPSA) is 91.9 Å². The SMILES string of the molecule is CNCC(CC1CCCC1)NC(=O)N1CCCC(C(OCCNC(=O)OC)c2cccc(F)c2)C1. The highest BCUT2D eigenvalue weighted by Crippen LogP contribution is 2.33. The summed E-state index contributed by atoms with van der Waals surface area (Å²) >= 11 is 0. The maximum absolute atomic E-state index is 14.0. The quantitative estimate of drug-likeness (QED) is 0.409. The van der Waals surface area contributed by atoms with Crippen LogP contribution >= 0.6 is 0 Å². The maximum Gasteiger partial charge on any atom is 0.406 e. The molecule has 3 unspecified atom stereocenters. The van der Waals surface area contributed by atoms with Crippen LogP contribution in [0.4, 0.5) is 14.0 Å². The van der Waals surface area contributed by atoms with Gasteiger partial charge in [-0.25, -0.2) is 14.0 Å². The van der Waals surface area contributed by atoms with Crippen LogP contribution in [0.2, 0.25) is 0 Å². The Bertz CT molecular complexity index is 805. The van der Waals surface area contributed by atoms with Gasteiger partial charge in [-0.1, -0.05) is 37.8 Å². The van der Waals surface area contributed by atoms with Crippen molar-refractivity contribution >= 4 is 12.1 Å². The molecule has 9 heteroatoms. The van der Waals surface area contributed by atoms with Crippen molar-refractivity contribution in [2.24, 2.45) is 11.8 Å². The number of hydrogen-bond donors (Lipinski definition) is 3. The Balaban J connectivity index is 1.62. The van der Waals surface area contributed by atoms with E-state index in [1.165, 1.54) is 44.9 Å². The summed E-state index contributed by atoms with van der Waals surface area (Å²) in [4.78, 5) is 26.4. The molecule has 1 aromatic rings. The van der Waals surface area contributed by atoms with Gasteiger partial charge in [-0.2, -0.15) is 0 Å². The van der Waals surface area contributed by atoms with E-state index in [9.17, 15) is 14.0 Å². The van der Waals surface area contributed by atoms with Crippen LogP contribution in [0.15, 0.2) is 24.3 Å². The molecule has 0 spiro atoms. The highest BCUT2D eigenvalue weighted by molar-refractivity contribution is 5.74. The van der Waals surface area contributed by atoms with Crippen LogP contribution in [0, 0.1) is 17.7 Å². The van der Waals surface area contributed by atoms with E-state index in [1.54, 1.807) is 6.07 Å². The van der Waals surface area contributed by atoms with Gasteiger partial charge in [0.2, 0.25) is 0 Å². The number of hydrogen-bond acceptors (Lipinski definition) is 5. The van der Waals surface area contributed by atoms with E-state index in [0.29, 0.717) is 19.0 Å². The average Bonchev–Trinajstić information content (AvgIpc) is 3.37. The van der Waals surface area contributed by atoms with Gasteiger partial charge >= 0.3 is 12.1 Å². The van der Waals surface area contributed by atoms with Gasteiger partial charge in [0.05, 0.1) is 19.8 Å². The van der Waals surface area contributed by atoms with Gasteiger partial charge in [-0.3, -0.25) is 0 Å². The molecular weight excluding hydrogens is 451 g/mol. The second-order valence-electron chi connectivity index (χ2n) is 9.70. The minimum absolute atomic E-state index is 0.0204. The molecule has 3 N–H and O–H groups in total. The fourth-order valence-corrected chi connectivity index (χ4v) is 5.39. The smallest absolute Gasteiger partial charge is 0.406 e. The Hall–Kier alpha value is -2.39. The Morgan fingerprint density at radius 3 is 2.71 bits per heavy atom. The lowest BCUT2D eigenvalue weighted by Crippen LogP contribution is -2.51. The number of carbonyl (C=O) groups is 2. The summed E-state index contributed by atoms with van der Waals surface area (Å²) in [7, 11) is 3.23. The normalized spacial score (nSPS) is 20.3. The number of alkyl carbamates (subject to hydrolysis) is 1. The van der Waals surface area contributed by atoms with Gasteiger partial charge in [0.15, 0.2) is 0 Å². The van der Waals surface area contributed by atoms with E-state index in [1.807, 2.05) is 18.0 Å². The molecule has 1 aliphatic heterocycles. The van der Waals surface area contributed by atoms with Gasteiger partial charge in [-0.15, -0.1) is 0 Å². The number of halogens is 1. The number of ether oxygens (including phenoxy) is 2. The summed E-state index contributed by atoms with van der Waals surface area (Å²) in [5.41, 5.74) is 0.740. The van der Waals surface area contributed by atoms with Crippen LogP contribution in [0.1, 0.15) is 56.6 Å². The van der Waals surface area contributed by atoms with Crippen molar-refractivity contribution in [2.45, 2.75) is 57.1 Å². The lowest BCUT2D eigenvalue weighted by Gasteiger charge is -2.38. The summed E-state index contributed by atoms with van der Waals surface area (Å²) in [6.07, 6.45) is 6.90. The van der Waals surface area contributed by atoms with Crippen molar-refractivity contribution in [2.75, 3.05) is 46.9 Å². The molecule has 3 amide bonds. The molecule has 35 heavy (non-hydrogen) atoms. The monoisotopic (exact) mass is 492 g/mol. The molecule has 1 saturated heterocycles. The van der Waals surface area contributed by atoms with Crippen LogP contribution in [-0.4, -0.2) is 70.0 Å². The van der Waals surface area contributed by atoms with Crippen molar-refractivity contribution in [1.82, 2.24) is 20.9 Å². The molecule has 0 aromatic heterocycles. The number of urea groups is 1. The third-order valence-corrected chi connectivity index (χ3v) is 7.08. The third kappa shape index (κ3) is 8.65. The van der Waals surface area contributed by atoms with Gasteiger partial charge in [-0.05, 0) is 49.9 Å². The van der Waals surface area contributed by atoms with Gasteiger partial charge < -0.3 is 30.3 Å². The fourth-order valence-electron chi connectivity index (χ4n) is 5.39. The summed E-state index contributed by atoms with van der Waals surface area (Å²) in [5.74, 6) is 0.384. The lowest BCUT2D eigenvalue weighted by molar-refractivity contribution is -0.00879. The first-order chi connectivity index (χ1) is 17.0. The third-order valence-electron chi connectivity index (χ3n) is 7.08. The number of benzene rings is 1. The molecule has 2 fully saturated rings. The number of nitrogens with zero attached hydrogens (tertiary/aromatic N) is 1. The predicted octanol–water partition coefficient (Wildman–Crippen LogP) is 3.83. The first kappa shape index (κ1) is 27.2. The molecule has 196 valence electrons. The molecule has 1 heterocycles. The Kier molecular flexibility index (Phi) is 11.1. The predicted molar refractivity (Wildman–Crippen MR) is 133 cm³/mol. The largest absolute Gasteiger partial charge is 0.453 e. The second-order valence-corrected chi connectivity index (χ2v) is 9.70. The van der Waals surface area contributed by atoms with Crippen molar-refractivity contribution in [3.05, 3.63) is 35.6 Å². The van der Waals surface area contributed by atoms with Crippen LogP contribution in [0.5, 0.6) is 0 Å². The number of amides is 3. The molecule has 1 aliphatic carbocycles. The van der Waals surface area contributed by atoms with Crippen LogP contribution in [0.25, 0.3) is 0 Å². The van der Waals surface area contributed by atoms with Crippen molar-refractivity contribution < 1.29 is 23.5 Å². The molecule has 3 rings (SSSR count). The van der Waals surface area contributed by atoms with E-state index in [4.69, 9.17) is 4.74 Å². The van der Waals surface area contributed by atoms with Crippen LogP contribution < -0.4 is 16.0 Å². The van der Waals surface area contributed by atoms with E-state index in [-0.39, 0.29) is 43.1 Å². The van der Waals surface area contributed by atoms with Gasteiger partial charge in [0.25, 0.3) is 0 Å². The summed E-state index contributed by atoms with van der Waals surface area (Å²) in [5, 5.41) is 9.08. The number of likely N-dealkylation sites (tertiary alicyclic amines) is 1. The van der Waals surface area contributed by atoms with E-state index >= 15 is 0 Å². The zero-order valence-corrected chi connectivity index (χ0v) is 21.1. The number of piperidine rings is 1. The van der Waals surface area contributed by atoms with Crippen molar-refractivity contribution in [1.29, 1.82) is 0 Å². The maximum atomic E-state index is 14.0. The van der Waals surface area contributed by atoms with Crippen LogP contribution in [-0.2, 0) is 9.47 Å². The minimum atomic E-state index is -0.523. The van der Waals surface area contributed by atoms with E-state index in [2.05, 4.69) is 20.7 Å². The van der Waals surface area contributed by atoms with E-state index < -0.39 is 6.09 Å². The van der Waals surface area contributed by atoms with E-state index in [0.717, 1.165) is 31.4 Å². The standard InChI is InChI=1S/C26H41FN4O4/c1-28-17-23(15-19-7-3-4-8-19)30-25(32)31-13-6-10-21(18-31)24(20-9-5-11-22(27)16-20)35-14-12-29-26(33)34-2/h5,9,11,16,19,21,23-24,28H,3-4,6-8,10,12-15,17-18H2,1-2H3,(H,29,33)(H,30,32). The number of methoxy groups -OCH3 is 1. The van der Waals surface area contributed by atoms with Crippen LogP contribution in [0.3, 0.4) is 0 Å². The first-order valence-corrected chi connectivity index (χ1v) is 12.9. The first-order valence-electron chi connectivity index (χ1n) is 12.9. The number of rotatable bonds is 11. The van der Waals surface area contributed by atoms with Crippen molar-refractivity contribution in [3.8, 4) is 0 Å². The molecule has 1 aromatic carbocycles. The van der Waals surface area contributed by atoms with Gasteiger partial charge in [0, 0.05) is 38.1 Å². The van der Waals surface area contributed by atoms with Gasteiger partial charge in [0.1, 0.15) is 5.82 Å². The molecule has 8 nitrogen and oxygen atoms in total. The fraction of sp³-hybridized carbons (Fsp3) is 0.692. The zero-order chi connectivity index (χ0) is 25.0. The Morgan fingerprint density at radius 2 is 2.00 bits per heavy atom. The minimum Gasteiger partial charge on any atom is -0.453 e. The molecule has 0 radical (unpaired) electrons. The highest BCUT2D eigenvalue weighted by atomic mass is 19.1. The highest BCUT2D eigenvalue weighted by Gasteiger charge is 2.32. The lowest BCUT2D eigenvalue weighted by atomic mass is 9.88. The average molecular weight is 493 g/mol. The molecule has 2 aliphatic rings. The van der Waals surface area contributed by atoms with Crippen molar-refractivity contribution in [3.63, 3.8) is 0 Å². The Morgan fingerprint density at radius 1 is 1.20 bits per heavy atom.